The molecule has 2 aromatic heterocycles. The van der Waals surface area contributed by atoms with Crippen LogP contribution in [0, 0.1) is 0 Å². The molecule has 0 amide bonds. The Morgan fingerprint density at radius 2 is 1.81 bits per heavy atom. The number of benzene rings is 2. The van der Waals surface area contributed by atoms with E-state index in [9.17, 15) is 9.59 Å². The predicted octanol–water partition coefficient (Wildman–Crippen LogP) is 2.96. The molecule has 0 N–H and O–H groups in total. The van der Waals surface area contributed by atoms with Crippen molar-refractivity contribution in [1.29, 1.82) is 0 Å². The molecule has 0 atom stereocenters. The number of nitrogens with zero attached hydrogens (tertiary/aromatic N) is 3. The number of halogens is 2. The van der Waals surface area contributed by atoms with Gasteiger partial charge in [0.15, 0.2) is 0 Å². The molecule has 27 heavy (non-hydrogen) atoms. The largest absolute Gasteiger partial charge is 0.296 e. The maximum absolute atomic E-state index is 12.7. The van der Waals surface area contributed by atoms with Gasteiger partial charge >= 0.3 is 0 Å². The number of rotatable bonds is 3. The van der Waals surface area contributed by atoms with Crippen molar-refractivity contribution in [3.8, 4) is 0 Å². The lowest BCUT2D eigenvalue weighted by Gasteiger charge is -1.99. The molecule has 4 aromatic rings. The molecule has 0 bridgehead atoms. The van der Waals surface area contributed by atoms with Crippen molar-refractivity contribution in [2.45, 2.75) is 6.42 Å². The highest BCUT2D eigenvalue weighted by molar-refractivity contribution is 7.15. The van der Waals surface area contributed by atoms with Crippen molar-refractivity contribution in [2.24, 2.45) is 0 Å². The number of aromatic nitrogens is 3. The Labute approximate surface area is 167 Å². The lowest BCUT2D eigenvalue weighted by Crippen LogP contribution is -2.28. The van der Waals surface area contributed by atoms with Gasteiger partial charge in [-0.15, -0.1) is 0 Å². The van der Waals surface area contributed by atoms with E-state index < -0.39 is 5.56 Å². The van der Waals surface area contributed by atoms with Gasteiger partial charge in [0.1, 0.15) is 5.69 Å². The lowest BCUT2D eigenvalue weighted by molar-refractivity contribution is 0.811. The van der Waals surface area contributed by atoms with Gasteiger partial charge in [0.05, 0.1) is 14.6 Å². The second kappa shape index (κ2) is 7.23. The van der Waals surface area contributed by atoms with E-state index in [0.29, 0.717) is 21.0 Å². The van der Waals surface area contributed by atoms with Gasteiger partial charge in [0, 0.05) is 6.42 Å². The van der Waals surface area contributed by atoms with E-state index >= 15 is 0 Å². The predicted molar refractivity (Wildman–Crippen MR) is 108 cm³/mol. The van der Waals surface area contributed by atoms with Gasteiger partial charge in [-0.05, 0) is 29.3 Å². The summed E-state index contributed by atoms with van der Waals surface area (Å²) in [5.74, 6) is 0. The molecule has 0 unspecified atom stereocenters. The SMILES string of the molecule is O=c1nc2sc(=Cc3ccc(Cl)c(Cl)c3)c(=O)n2nc1Cc1ccccc1. The Bertz CT molecular complexity index is 1320. The molecule has 0 saturated carbocycles. The maximum atomic E-state index is 12.7. The summed E-state index contributed by atoms with van der Waals surface area (Å²) in [4.78, 5) is 29.2. The Balaban J connectivity index is 1.82. The zero-order valence-electron chi connectivity index (χ0n) is 13.7. The minimum atomic E-state index is -0.429. The third-order valence-electron chi connectivity index (χ3n) is 3.91. The quantitative estimate of drug-likeness (QED) is 0.515. The van der Waals surface area contributed by atoms with E-state index in [1.54, 1.807) is 24.3 Å². The minimum Gasteiger partial charge on any atom is -0.266 e. The van der Waals surface area contributed by atoms with Crippen molar-refractivity contribution >= 4 is 45.6 Å². The highest BCUT2D eigenvalue weighted by Gasteiger charge is 2.11. The summed E-state index contributed by atoms with van der Waals surface area (Å²) in [5, 5.41) is 5.07. The first-order valence-electron chi connectivity index (χ1n) is 7.95. The zero-order valence-corrected chi connectivity index (χ0v) is 16.1. The van der Waals surface area contributed by atoms with E-state index in [0.717, 1.165) is 22.5 Å². The van der Waals surface area contributed by atoms with Gasteiger partial charge in [-0.25, -0.2) is 0 Å². The fourth-order valence-electron chi connectivity index (χ4n) is 2.59. The van der Waals surface area contributed by atoms with E-state index in [2.05, 4.69) is 10.1 Å². The van der Waals surface area contributed by atoms with Gasteiger partial charge < -0.3 is 0 Å². The van der Waals surface area contributed by atoms with Gasteiger partial charge in [0.2, 0.25) is 4.96 Å². The summed E-state index contributed by atoms with van der Waals surface area (Å²) in [6.45, 7) is 0. The number of hydrogen-bond donors (Lipinski definition) is 0. The fraction of sp³-hybridized carbons (Fsp3) is 0.0526. The van der Waals surface area contributed by atoms with Crippen molar-refractivity contribution < 1.29 is 0 Å². The van der Waals surface area contributed by atoms with E-state index in [1.165, 1.54) is 4.52 Å². The molecule has 0 aliphatic heterocycles. The van der Waals surface area contributed by atoms with Gasteiger partial charge in [-0.3, -0.25) is 9.59 Å². The smallest absolute Gasteiger partial charge is 0.266 e. The van der Waals surface area contributed by atoms with Crippen LogP contribution in [0.4, 0.5) is 0 Å². The molecule has 0 radical (unpaired) electrons. The van der Waals surface area contributed by atoms with Gasteiger partial charge in [-0.1, -0.05) is 70.9 Å². The van der Waals surface area contributed by atoms with E-state index in [1.807, 2.05) is 30.3 Å². The molecular weight excluding hydrogens is 405 g/mol. The average Bonchev–Trinajstić information content (AvgIpc) is 2.94. The van der Waals surface area contributed by atoms with E-state index in [-0.39, 0.29) is 16.2 Å². The molecule has 0 aliphatic carbocycles. The third kappa shape index (κ3) is 3.64. The monoisotopic (exact) mass is 415 g/mol. The summed E-state index contributed by atoms with van der Waals surface area (Å²) in [6, 6.07) is 14.5. The molecule has 0 aliphatic rings. The molecule has 4 rings (SSSR count). The van der Waals surface area contributed by atoms with Crippen LogP contribution < -0.4 is 15.7 Å². The summed E-state index contributed by atoms with van der Waals surface area (Å²) in [6.07, 6.45) is 1.99. The standard InChI is InChI=1S/C19H11Cl2N3O2S/c20-13-7-6-12(8-14(13)21)10-16-18(26)24-19(27-16)22-17(25)15(23-24)9-11-4-2-1-3-5-11/h1-8,10H,9H2. The Morgan fingerprint density at radius 3 is 2.56 bits per heavy atom. The molecule has 0 fully saturated rings. The summed E-state index contributed by atoms with van der Waals surface area (Å²) in [5.41, 5.74) is 1.12. The summed E-state index contributed by atoms with van der Waals surface area (Å²) < 4.78 is 1.58. The first-order chi connectivity index (χ1) is 13.0. The Morgan fingerprint density at radius 1 is 1.04 bits per heavy atom. The highest BCUT2D eigenvalue weighted by atomic mass is 35.5. The lowest BCUT2D eigenvalue weighted by atomic mass is 10.1. The first-order valence-corrected chi connectivity index (χ1v) is 9.52. The van der Waals surface area contributed by atoms with Crippen LogP contribution in [0.15, 0.2) is 58.1 Å². The normalized spacial score (nSPS) is 12.0. The second-order valence-corrected chi connectivity index (χ2v) is 7.63. The Hall–Kier alpha value is -2.54. The molecule has 0 saturated heterocycles. The molecule has 2 heterocycles. The molecule has 2 aromatic carbocycles. The third-order valence-corrected chi connectivity index (χ3v) is 5.60. The topological polar surface area (TPSA) is 64.3 Å². The van der Waals surface area contributed by atoms with Crippen molar-refractivity contribution in [3.63, 3.8) is 0 Å². The summed E-state index contributed by atoms with van der Waals surface area (Å²) in [7, 11) is 0. The minimum absolute atomic E-state index is 0.231. The van der Waals surface area contributed by atoms with Crippen molar-refractivity contribution in [2.75, 3.05) is 0 Å². The van der Waals surface area contributed by atoms with Crippen LogP contribution in [0.5, 0.6) is 0 Å². The van der Waals surface area contributed by atoms with Crippen LogP contribution in [0.1, 0.15) is 16.8 Å². The van der Waals surface area contributed by atoms with Crippen LogP contribution in [0.25, 0.3) is 11.0 Å². The molecule has 0 spiro atoms. The molecule has 8 heteroatoms. The van der Waals surface area contributed by atoms with Crippen LogP contribution >= 0.6 is 34.5 Å². The number of thiazole rings is 1. The van der Waals surface area contributed by atoms with Gasteiger partial charge in [0.25, 0.3) is 11.1 Å². The molecule has 5 nitrogen and oxygen atoms in total. The first kappa shape index (κ1) is 17.9. The number of fused-ring (bicyclic) bond motifs is 1. The van der Waals surface area contributed by atoms with Crippen LogP contribution in [-0.4, -0.2) is 14.6 Å². The second-order valence-electron chi connectivity index (χ2n) is 5.81. The van der Waals surface area contributed by atoms with Crippen molar-refractivity contribution in [1.82, 2.24) is 14.6 Å². The average molecular weight is 416 g/mol. The van der Waals surface area contributed by atoms with Gasteiger partial charge in [-0.2, -0.15) is 14.6 Å². The number of hydrogen-bond acceptors (Lipinski definition) is 5. The molecule has 134 valence electrons. The Kier molecular flexibility index (Phi) is 4.78. The van der Waals surface area contributed by atoms with Crippen LogP contribution in [-0.2, 0) is 6.42 Å². The zero-order chi connectivity index (χ0) is 19.0. The van der Waals surface area contributed by atoms with Crippen LogP contribution in [0.2, 0.25) is 10.0 Å². The maximum Gasteiger partial charge on any atom is 0.296 e. The highest BCUT2D eigenvalue weighted by Crippen LogP contribution is 2.22. The molecular formula is C19H11Cl2N3O2S. The summed E-state index contributed by atoms with van der Waals surface area (Å²) >= 11 is 13.0. The van der Waals surface area contributed by atoms with Crippen LogP contribution in [0.3, 0.4) is 0 Å². The van der Waals surface area contributed by atoms with Crippen molar-refractivity contribution in [3.05, 3.63) is 101 Å². The fourth-order valence-corrected chi connectivity index (χ4v) is 3.81. The van der Waals surface area contributed by atoms with E-state index in [4.69, 9.17) is 23.2 Å².